The second-order valence-corrected chi connectivity index (χ2v) is 12.8. The van der Waals surface area contributed by atoms with Crippen LogP contribution >= 0.6 is 0 Å². The summed E-state index contributed by atoms with van der Waals surface area (Å²) in [5.74, 6) is -0.549. The van der Waals surface area contributed by atoms with Crippen LogP contribution < -0.4 is 10.6 Å². The summed E-state index contributed by atoms with van der Waals surface area (Å²) in [6.45, 7) is 5.15. The monoisotopic (exact) mass is 590 g/mol. The third kappa shape index (κ3) is 8.06. The third-order valence-corrected chi connectivity index (χ3v) is 8.75. The first-order valence-corrected chi connectivity index (χ1v) is 15.4. The molecule has 4 aromatic rings. The predicted octanol–water partition coefficient (Wildman–Crippen LogP) is 4.10. The number of anilines is 1. The third-order valence-electron chi connectivity index (χ3n) is 6.91. The van der Waals surface area contributed by atoms with E-state index in [0.29, 0.717) is 12.1 Å². The van der Waals surface area contributed by atoms with Gasteiger partial charge in [0.25, 0.3) is 0 Å². The number of aliphatic hydroxyl groups excluding tert-OH is 1. The van der Waals surface area contributed by atoms with Crippen LogP contribution in [0.5, 0.6) is 0 Å². The Morgan fingerprint density at radius 1 is 0.929 bits per heavy atom. The molecule has 0 aliphatic heterocycles. The van der Waals surface area contributed by atoms with Gasteiger partial charge in [0.1, 0.15) is 0 Å². The summed E-state index contributed by atoms with van der Waals surface area (Å²) >= 11 is 0. The first kappa shape index (κ1) is 31.0. The molecule has 0 saturated carbocycles. The standard InChI is InChI=1S/C32H38N4O5S/c1-22(2)20-36(42(40,41)27-15-13-26(14-16-27)34-23(3)37)21-31(38)30(17-24-9-5-4-6-10-24)35-32(39)18-25-19-33-29-12-8-7-11-28(25)29/h4-16,19,22,30-31,33,38H,17-18,20-21H2,1-3H3,(H,34,37)(H,35,39)/t30-,31+/m0/s1. The van der Waals surface area contributed by atoms with Gasteiger partial charge in [-0.3, -0.25) is 9.59 Å². The van der Waals surface area contributed by atoms with Gasteiger partial charge in [-0.25, -0.2) is 8.42 Å². The molecule has 4 rings (SSSR count). The number of para-hydroxylation sites is 1. The van der Waals surface area contributed by atoms with E-state index in [1.165, 1.54) is 35.5 Å². The quantitative estimate of drug-likeness (QED) is 0.186. The summed E-state index contributed by atoms with van der Waals surface area (Å²) in [5, 5.41) is 18.0. The van der Waals surface area contributed by atoms with Gasteiger partial charge in [0.2, 0.25) is 21.8 Å². The Hall–Kier alpha value is -3.99. The summed E-state index contributed by atoms with van der Waals surface area (Å²) in [6.07, 6.45) is 1.05. The lowest BCUT2D eigenvalue weighted by Crippen LogP contribution is -2.51. The summed E-state index contributed by atoms with van der Waals surface area (Å²) in [7, 11) is -3.99. The van der Waals surface area contributed by atoms with E-state index in [4.69, 9.17) is 0 Å². The fourth-order valence-electron chi connectivity index (χ4n) is 4.94. The number of aromatic amines is 1. The number of sulfonamides is 1. The summed E-state index contributed by atoms with van der Waals surface area (Å²) < 4.78 is 28.7. The molecule has 10 heteroatoms. The van der Waals surface area contributed by atoms with Crippen molar-refractivity contribution in [2.75, 3.05) is 18.4 Å². The molecule has 0 spiro atoms. The minimum absolute atomic E-state index is 0.0188. The fraction of sp³-hybridized carbons (Fsp3) is 0.312. The number of carbonyl (C=O) groups excluding carboxylic acids is 2. The molecule has 1 aromatic heterocycles. The highest BCUT2D eigenvalue weighted by Crippen LogP contribution is 2.22. The fourth-order valence-corrected chi connectivity index (χ4v) is 6.56. The normalized spacial score (nSPS) is 13.3. The molecule has 0 unspecified atom stereocenters. The van der Waals surface area contributed by atoms with Gasteiger partial charge in [-0.05, 0) is 53.8 Å². The van der Waals surface area contributed by atoms with Gasteiger partial charge in [-0.1, -0.05) is 62.4 Å². The van der Waals surface area contributed by atoms with Crippen LogP contribution in [0.15, 0.2) is 90.0 Å². The number of H-pyrrole nitrogens is 1. The second-order valence-electron chi connectivity index (χ2n) is 10.9. The van der Waals surface area contributed by atoms with E-state index in [1.807, 2.05) is 68.4 Å². The summed E-state index contributed by atoms with van der Waals surface area (Å²) in [5.41, 5.74) is 3.15. The molecular weight excluding hydrogens is 552 g/mol. The van der Waals surface area contributed by atoms with E-state index in [9.17, 15) is 23.1 Å². The van der Waals surface area contributed by atoms with Gasteiger partial charge in [0.05, 0.1) is 23.5 Å². The minimum atomic E-state index is -3.99. The maximum atomic E-state index is 13.7. The zero-order valence-corrected chi connectivity index (χ0v) is 24.9. The molecule has 42 heavy (non-hydrogen) atoms. The lowest BCUT2D eigenvalue weighted by molar-refractivity contribution is -0.122. The van der Waals surface area contributed by atoms with Crippen LogP contribution in [0.25, 0.3) is 10.9 Å². The van der Waals surface area contributed by atoms with Gasteiger partial charge >= 0.3 is 0 Å². The Balaban J connectivity index is 1.55. The number of nitrogens with zero attached hydrogens (tertiary/aromatic N) is 1. The molecule has 0 radical (unpaired) electrons. The van der Waals surface area contributed by atoms with E-state index >= 15 is 0 Å². The van der Waals surface area contributed by atoms with E-state index in [2.05, 4.69) is 15.6 Å². The Morgan fingerprint density at radius 3 is 2.26 bits per heavy atom. The van der Waals surface area contributed by atoms with Crippen LogP contribution in [0.3, 0.4) is 0 Å². The number of benzene rings is 3. The number of aromatic nitrogens is 1. The van der Waals surface area contributed by atoms with Crippen LogP contribution in [-0.2, 0) is 32.5 Å². The first-order chi connectivity index (χ1) is 20.0. The molecule has 0 fully saturated rings. The van der Waals surface area contributed by atoms with E-state index in [0.717, 1.165) is 22.0 Å². The number of nitrogens with one attached hydrogen (secondary N) is 3. The maximum Gasteiger partial charge on any atom is 0.243 e. The molecule has 2 amide bonds. The molecule has 3 aromatic carbocycles. The van der Waals surface area contributed by atoms with Gasteiger partial charge < -0.3 is 20.7 Å². The molecule has 0 bridgehead atoms. The zero-order chi connectivity index (χ0) is 30.3. The Labute approximate surface area is 247 Å². The highest BCUT2D eigenvalue weighted by Gasteiger charge is 2.31. The van der Waals surface area contributed by atoms with Crippen molar-refractivity contribution < 1.29 is 23.1 Å². The van der Waals surface area contributed by atoms with Crippen LogP contribution in [-0.4, -0.2) is 59.9 Å². The first-order valence-electron chi connectivity index (χ1n) is 14.0. The number of aliphatic hydroxyl groups is 1. The van der Waals surface area contributed by atoms with Crippen molar-refractivity contribution in [3.63, 3.8) is 0 Å². The second kappa shape index (κ2) is 13.8. The maximum absolute atomic E-state index is 13.7. The van der Waals surface area contributed by atoms with Crippen LogP contribution in [0, 0.1) is 5.92 Å². The molecule has 0 aliphatic carbocycles. The summed E-state index contributed by atoms with van der Waals surface area (Å²) in [4.78, 5) is 27.8. The lowest BCUT2D eigenvalue weighted by atomic mass is 10.00. The molecular formula is C32H38N4O5S. The molecule has 2 atom stereocenters. The topological polar surface area (TPSA) is 132 Å². The van der Waals surface area contributed by atoms with Crippen molar-refractivity contribution in [2.45, 2.75) is 50.7 Å². The average Bonchev–Trinajstić information content (AvgIpc) is 3.35. The Kier molecular flexibility index (Phi) is 10.2. The van der Waals surface area contributed by atoms with E-state index in [-0.39, 0.29) is 42.1 Å². The van der Waals surface area contributed by atoms with Gasteiger partial charge in [0.15, 0.2) is 0 Å². The number of carbonyl (C=O) groups is 2. The van der Waals surface area contributed by atoms with E-state index in [1.54, 1.807) is 6.20 Å². The number of amides is 2. The smallest absolute Gasteiger partial charge is 0.243 e. The van der Waals surface area contributed by atoms with E-state index < -0.39 is 22.2 Å². The average molecular weight is 591 g/mol. The van der Waals surface area contributed by atoms with Crippen molar-refractivity contribution in [1.82, 2.24) is 14.6 Å². The summed E-state index contributed by atoms with van der Waals surface area (Å²) in [6, 6.07) is 22.4. The highest BCUT2D eigenvalue weighted by atomic mass is 32.2. The number of fused-ring (bicyclic) bond motifs is 1. The van der Waals surface area contributed by atoms with Crippen LogP contribution in [0.2, 0.25) is 0 Å². The molecule has 0 aliphatic rings. The van der Waals surface area contributed by atoms with Crippen molar-refractivity contribution in [2.24, 2.45) is 5.92 Å². The van der Waals surface area contributed by atoms with Gasteiger partial charge in [-0.15, -0.1) is 0 Å². The Bertz CT molecular complexity index is 1600. The SMILES string of the molecule is CC(=O)Nc1ccc(S(=O)(=O)N(CC(C)C)C[C@@H](O)[C@H](Cc2ccccc2)NC(=O)Cc2c[nH]c3ccccc23)cc1. The van der Waals surface area contributed by atoms with Crippen LogP contribution in [0.1, 0.15) is 31.9 Å². The number of hydrogen-bond acceptors (Lipinski definition) is 5. The van der Waals surface area contributed by atoms with Crippen molar-refractivity contribution in [1.29, 1.82) is 0 Å². The van der Waals surface area contributed by atoms with Crippen molar-refractivity contribution in [3.05, 3.63) is 96.2 Å². The highest BCUT2D eigenvalue weighted by molar-refractivity contribution is 7.89. The number of rotatable bonds is 13. The largest absolute Gasteiger partial charge is 0.390 e. The predicted molar refractivity (Wildman–Crippen MR) is 164 cm³/mol. The molecule has 222 valence electrons. The number of hydrogen-bond donors (Lipinski definition) is 4. The van der Waals surface area contributed by atoms with Gasteiger partial charge in [-0.2, -0.15) is 4.31 Å². The molecule has 4 N–H and O–H groups in total. The zero-order valence-electron chi connectivity index (χ0n) is 24.1. The molecule has 0 saturated heterocycles. The van der Waals surface area contributed by atoms with Crippen molar-refractivity contribution >= 4 is 38.4 Å². The minimum Gasteiger partial charge on any atom is -0.390 e. The Morgan fingerprint density at radius 2 is 1.60 bits per heavy atom. The molecule has 1 heterocycles. The van der Waals surface area contributed by atoms with Gasteiger partial charge in [0, 0.05) is 42.8 Å². The van der Waals surface area contributed by atoms with Crippen LogP contribution in [0.4, 0.5) is 5.69 Å². The lowest BCUT2D eigenvalue weighted by Gasteiger charge is -2.31. The van der Waals surface area contributed by atoms with Crippen molar-refractivity contribution in [3.8, 4) is 0 Å². The molecule has 9 nitrogen and oxygen atoms in total.